The van der Waals surface area contributed by atoms with E-state index < -0.39 is 21.9 Å². The highest BCUT2D eigenvalue weighted by atomic mass is 32.2. The molecule has 0 radical (unpaired) electrons. The van der Waals surface area contributed by atoms with Crippen molar-refractivity contribution in [3.63, 3.8) is 0 Å². The minimum atomic E-state index is -4.10. The number of halogens is 2. The molecule has 0 saturated heterocycles. The van der Waals surface area contributed by atoms with Crippen molar-refractivity contribution in [1.29, 1.82) is 0 Å². The first kappa shape index (κ1) is 16.0. The van der Waals surface area contributed by atoms with E-state index in [-0.39, 0.29) is 11.4 Å². The first-order valence-electron chi connectivity index (χ1n) is 6.52. The van der Waals surface area contributed by atoms with Crippen LogP contribution >= 0.6 is 0 Å². The van der Waals surface area contributed by atoms with Crippen LogP contribution in [0.1, 0.15) is 0 Å². The molecule has 1 heterocycles. The van der Waals surface area contributed by atoms with Gasteiger partial charge in [0.05, 0.1) is 11.9 Å². The van der Waals surface area contributed by atoms with Gasteiger partial charge >= 0.3 is 10.3 Å². The Balaban J connectivity index is 1.88. The zero-order chi connectivity index (χ0) is 17.3. The van der Waals surface area contributed by atoms with Crippen molar-refractivity contribution in [2.24, 2.45) is 5.14 Å². The van der Waals surface area contributed by atoms with Crippen LogP contribution in [0, 0.1) is 11.6 Å². The van der Waals surface area contributed by atoms with Gasteiger partial charge in [-0.15, -0.1) is 5.10 Å². The van der Waals surface area contributed by atoms with Crippen molar-refractivity contribution >= 4 is 10.3 Å². The predicted molar refractivity (Wildman–Crippen MR) is 80.4 cm³/mol. The Kier molecular flexibility index (Phi) is 3.99. The molecular weight excluding hydrogens is 342 g/mol. The van der Waals surface area contributed by atoms with Gasteiger partial charge in [-0.25, -0.2) is 13.5 Å². The number of nitrogens with zero attached hydrogens (tertiary/aromatic N) is 3. The fourth-order valence-electron chi connectivity index (χ4n) is 2.01. The molecule has 0 aliphatic carbocycles. The Morgan fingerprint density at radius 2 is 1.67 bits per heavy atom. The summed E-state index contributed by atoms with van der Waals surface area (Å²) < 4.78 is 53.9. The van der Waals surface area contributed by atoms with Gasteiger partial charge in [0.1, 0.15) is 23.1 Å². The molecule has 24 heavy (non-hydrogen) atoms. The maximum atomic E-state index is 13.2. The molecule has 0 bridgehead atoms. The van der Waals surface area contributed by atoms with Crippen LogP contribution in [0.2, 0.25) is 0 Å². The highest BCUT2D eigenvalue weighted by Gasteiger charge is 2.09. The average Bonchev–Trinajstić information content (AvgIpc) is 2.95. The summed E-state index contributed by atoms with van der Waals surface area (Å²) in [4.78, 5) is 0. The quantitative estimate of drug-likeness (QED) is 0.772. The number of nitrogens with two attached hydrogens (primary N) is 1. The number of hydrogen-bond acceptors (Lipinski definition) is 5. The van der Waals surface area contributed by atoms with E-state index in [0.717, 1.165) is 18.2 Å². The van der Waals surface area contributed by atoms with Crippen LogP contribution in [-0.2, 0) is 10.3 Å². The topological polar surface area (TPSA) is 100 Å². The highest BCUT2D eigenvalue weighted by Crippen LogP contribution is 2.22. The molecule has 3 aromatic rings. The number of benzene rings is 2. The largest absolute Gasteiger partial charge is 0.380 e. The van der Waals surface area contributed by atoms with Gasteiger partial charge < -0.3 is 4.18 Å². The maximum absolute atomic E-state index is 13.2. The molecule has 0 fully saturated rings. The van der Waals surface area contributed by atoms with Gasteiger partial charge in [0.2, 0.25) is 0 Å². The van der Waals surface area contributed by atoms with E-state index in [2.05, 4.69) is 14.5 Å². The molecule has 0 saturated carbocycles. The van der Waals surface area contributed by atoms with E-state index >= 15 is 0 Å². The summed E-state index contributed by atoms with van der Waals surface area (Å²) in [5, 5.41) is 12.5. The van der Waals surface area contributed by atoms with E-state index in [1.165, 1.54) is 23.0 Å². The molecule has 2 N–H and O–H groups in total. The van der Waals surface area contributed by atoms with Crippen LogP contribution < -0.4 is 9.32 Å². The second-order valence-corrected chi connectivity index (χ2v) is 5.93. The Labute approximate surface area is 135 Å². The summed E-state index contributed by atoms with van der Waals surface area (Å²) >= 11 is 0. The van der Waals surface area contributed by atoms with Crippen molar-refractivity contribution in [3.05, 3.63) is 60.3 Å². The molecule has 2 aromatic carbocycles. The SMILES string of the molecule is NS(=O)(=O)Oc1ccc(-c2cn(-c3cc(F)cc(F)c3)nn2)cc1. The fourth-order valence-corrected chi connectivity index (χ4v) is 2.39. The summed E-state index contributed by atoms with van der Waals surface area (Å²) in [6, 6.07) is 8.85. The van der Waals surface area contributed by atoms with Gasteiger partial charge in [-0.3, -0.25) is 0 Å². The van der Waals surface area contributed by atoms with Gasteiger partial charge in [-0.05, 0) is 36.4 Å². The Hall–Kier alpha value is -2.85. The third kappa shape index (κ3) is 3.73. The standard InChI is InChI=1S/C14H10F2N4O3S/c15-10-5-11(16)7-12(6-10)20-8-14(18-19-20)9-1-3-13(4-2-9)23-24(17,21)22/h1-8H,(H2,17,21,22). The van der Waals surface area contributed by atoms with E-state index in [1.54, 1.807) is 12.1 Å². The molecule has 0 unspecified atom stereocenters. The smallest absolute Gasteiger partial charge is 0.371 e. The van der Waals surface area contributed by atoms with Crippen LogP contribution in [0.5, 0.6) is 5.75 Å². The maximum Gasteiger partial charge on any atom is 0.380 e. The average molecular weight is 352 g/mol. The zero-order valence-corrected chi connectivity index (χ0v) is 12.7. The predicted octanol–water partition coefficient (Wildman–Crippen LogP) is 1.79. The van der Waals surface area contributed by atoms with Gasteiger partial charge in [-0.1, -0.05) is 5.21 Å². The summed E-state index contributed by atoms with van der Waals surface area (Å²) in [7, 11) is -4.10. The molecule has 7 nitrogen and oxygen atoms in total. The van der Waals surface area contributed by atoms with Crippen molar-refractivity contribution in [2.75, 3.05) is 0 Å². The lowest BCUT2D eigenvalue weighted by atomic mass is 10.2. The highest BCUT2D eigenvalue weighted by molar-refractivity contribution is 7.84. The summed E-state index contributed by atoms with van der Waals surface area (Å²) in [5.41, 5.74) is 1.20. The first-order chi connectivity index (χ1) is 11.3. The molecule has 10 heteroatoms. The molecule has 0 aliphatic heterocycles. The summed E-state index contributed by atoms with van der Waals surface area (Å²) in [6.45, 7) is 0. The lowest BCUT2D eigenvalue weighted by molar-refractivity contribution is 0.488. The monoisotopic (exact) mass is 352 g/mol. The number of rotatable bonds is 4. The molecule has 0 atom stereocenters. The molecule has 0 amide bonds. The van der Waals surface area contributed by atoms with Gasteiger partial charge in [0.25, 0.3) is 0 Å². The Bertz CT molecular complexity index is 967. The van der Waals surface area contributed by atoms with E-state index in [1.807, 2.05) is 0 Å². The molecule has 124 valence electrons. The Morgan fingerprint density at radius 1 is 1.04 bits per heavy atom. The second kappa shape index (κ2) is 5.98. The number of hydrogen-bond donors (Lipinski definition) is 1. The van der Waals surface area contributed by atoms with E-state index in [4.69, 9.17) is 5.14 Å². The summed E-state index contributed by atoms with van der Waals surface area (Å²) in [5.74, 6) is -1.42. The lowest BCUT2D eigenvalue weighted by Gasteiger charge is -2.02. The normalized spacial score (nSPS) is 11.5. The van der Waals surface area contributed by atoms with Crippen LogP contribution in [0.3, 0.4) is 0 Å². The van der Waals surface area contributed by atoms with E-state index in [9.17, 15) is 17.2 Å². The third-order valence-corrected chi connectivity index (χ3v) is 3.39. The van der Waals surface area contributed by atoms with Crippen molar-refractivity contribution < 1.29 is 21.4 Å². The van der Waals surface area contributed by atoms with Gasteiger partial charge in [0, 0.05) is 11.6 Å². The van der Waals surface area contributed by atoms with Crippen molar-refractivity contribution in [2.45, 2.75) is 0 Å². The van der Waals surface area contributed by atoms with Gasteiger partial charge in [-0.2, -0.15) is 13.6 Å². The van der Waals surface area contributed by atoms with Gasteiger partial charge in [0.15, 0.2) is 0 Å². The fraction of sp³-hybridized carbons (Fsp3) is 0. The molecule has 3 rings (SSSR count). The summed E-state index contributed by atoms with van der Waals surface area (Å²) in [6.07, 6.45) is 1.48. The molecular formula is C14H10F2N4O3S. The molecule has 0 spiro atoms. The second-order valence-electron chi connectivity index (χ2n) is 4.78. The van der Waals surface area contributed by atoms with E-state index in [0.29, 0.717) is 11.3 Å². The van der Waals surface area contributed by atoms with Crippen LogP contribution in [0.15, 0.2) is 48.7 Å². The van der Waals surface area contributed by atoms with Crippen molar-refractivity contribution in [3.8, 4) is 22.7 Å². The van der Waals surface area contributed by atoms with Crippen LogP contribution in [0.4, 0.5) is 8.78 Å². The third-order valence-electron chi connectivity index (χ3n) is 2.97. The minimum Gasteiger partial charge on any atom is -0.371 e. The van der Waals surface area contributed by atoms with Crippen LogP contribution in [0.25, 0.3) is 16.9 Å². The first-order valence-corrected chi connectivity index (χ1v) is 7.99. The Morgan fingerprint density at radius 3 is 2.25 bits per heavy atom. The molecule has 0 aliphatic rings. The molecule has 1 aromatic heterocycles. The minimum absolute atomic E-state index is 0.0424. The van der Waals surface area contributed by atoms with Crippen molar-refractivity contribution in [1.82, 2.24) is 15.0 Å². The van der Waals surface area contributed by atoms with Crippen LogP contribution in [-0.4, -0.2) is 23.4 Å². The number of aromatic nitrogens is 3. The zero-order valence-electron chi connectivity index (χ0n) is 11.9. The lowest BCUT2D eigenvalue weighted by Crippen LogP contribution is -2.18.